The monoisotopic (exact) mass is 317 g/mol. The first-order valence-corrected chi connectivity index (χ1v) is 7.83. The maximum Gasteiger partial charge on any atom is 0.150 e. The van der Waals surface area contributed by atoms with Crippen LogP contribution in [0, 0.1) is 0 Å². The summed E-state index contributed by atoms with van der Waals surface area (Å²) in [5.74, 6) is 0.183. The molecule has 0 aliphatic heterocycles. The van der Waals surface area contributed by atoms with Crippen LogP contribution >= 0.6 is 0 Å². The summed E-state index contributed by atoms with van der Waals surface area (Å²) in [6.45, 7) is 6.46. The molecule has 0 radical (unpaired) electrons. The molecule has 0 aliphatic rings. The van der Waals surface area contributed by atoms with Crippen molar-refractivity contribution in [2.45, 2.75) is 13.5 Å². The molecular weight excluding hydrogens is 298 g/mol. The molecule has 3 rings (SSSR count). The number of aromatic nitrogens is 1. The highest BCUT2D eigenvalue weighted by atomic mass is 16.3. The van der Waals surface area contributed by atoms with Gasteiger partial charge in [-0.1, -0.05) is 49.1 Å². The van der Waals surface area contributed by atoms with Crippen molar-refractivity contribution in [3.63, 3.8) is 0 Å². The summed E-state index contributed by atoms with van der Waals surface area (Å²) in [7, 11) is 0. The molecule has 1 heterocycles. The van der Waals surface area contributed by atoms with Gasteiger partial charge in [-0.3, -0.25) is 4.79 Å². The Labute approximate surface area is 140 Å². The van der Waals surface area contributed by atoms with E-state index in [4.69, 9.17) is 0 Å². The first-order valence-electron chi connectivity index (χ1n) is 7.83. The lowest BCUT2D eigenvalue weighted by Crippen LogP contribution is -1.99. The summed E-state index contributed by atoms with van der Waals surface area (Å²) in [4.78, 5) is 11.5. The Bertz CT molecular complexity index is 990. The topological polar surface area (TPSA) is 42.2 Å². The molecule has 0 saturated heterocycles. The van der Waals surface area contributed by atoms with Gasteiger partial charge in [0, 0.05) is 17.5 Å². The molecule has 0 saturated carbocycles. The van der Waals surface area contributed by atoms with Crippen molar-refractivity contribution < 1.29 is 9.90 Å². The average molecular weight is 317 g/mol. The molecule has 1 aromatic heterocycles. The molecule has 3 nitrogen and oxygen atoms in total. The van der Waals surface area contributed by atoms with Crippen LogP contribution in [0.2, 0.25) is 0 Å². The van der Waals surface area contributed by atoms with Crippen LogP contribution in [-0.2, 0) is 6.54 Å². The van der Waals surface area contributed by atoms with Gasteiger partial charge in [0.2, 0.25) is 0 Å². The van der Waals surface area contributed by atoms with Gasteiger partial charge in [-0.25, -0.2) is 0 Å². The Hall–Kier alpha value is -3.07. The van der Waals surface area contributed by atoms with Gasteiger partial charge in [-0.2, -0.15) is 0 Å². The van der Waals surface area contributed by atoms with Crippen LogP contribution in [0.5, 0.6) is 5.75 Å². The van der Waals surface area contributed by atoms with Crippen LogP contribution in [0.1, 0.15) is 17.3 Å². The van der Waals surface area contributed by atoms with E-state index in [0.29, 0.717) is 17.5 Å². The van der Waals surface area contributed by atoms with Gasteiger partial charge in [-0.15, -0.1) is 0 Å². The van der Waals surface area contributed by atoms with E-state index in [1.807, 2.05) is 55.5 Å². The van der Waals surface area contributed by atoms with Gasteiger partial charge in [0.1, 0.15) is 5.75 Å². The van der Waals surface area contributed by atoms with Crippen LogP contribution in [-0.4, -0.2) is 16.0 Å². The van der Waals surface area contributed by atoms with E-state index in [-0.39, 0.29) is 5.75 Å². The van der Waals surface area contributed by atoms with Gasteiger partial charge >= 0.3 is 0 Å². The summed E-state index contributed by atoms with van der Waals surface area (Å²) >= 11 is 0. The Morgan fingerprint density at radius 1 is 1.17 bits per heavy atom. The minimum atomic E-state index is 0.183. The third-order valence-corrected chi connectivity index (χ3v) is 4.16. The molecular formula is C21H19NO2. The van der Waals surface area contributed by atoms with E-state index in [1.165, 1.54) is 0 Å². The maximum absolute atomic E-state index is 11.5. The fourth-order valence-electron chi connectivity index (χ4n) is 3.05. The van der Waals surface area contributed by atoms with E-state index in [0.717, 1.165) is 28.3 Å². The van der Waals surface area contributed by atoms with Gasteiger partial charge in [0.05, 0.1) is 16.4 Å². The van der Waals surface area contributed by atoms with Crippen molar-refractivity contribution in [3.8, 4) is 5.75 Å². The quantitative estimate of drug-likeness (QED) is 0.531. The van der Waals surface area contributed by atoms with E-state index < -0.39 is 0 Å². The summed E-state index contributed by atoms with van der Waals surface area (Å²) in [6, 6.07) is 11.0. The number of phenols is 1. The van der Waals surface area contributed by atoms with Crippen molar-refractivity contribution in [1.29, 1.82) is 0 Å². The number of fused-ring (bicyclic) bond motifs is 3. The number of carbonyl (C=O) groups is 1. The van der Waals surface area contributed by atoms with E-state index in [9.17, 15) is 9.90 Å². The lowest BCUT2D eigenvalue weighted by atomic mass is 10.1. The van der Waals surface area contributed by atoms with E-state index >= 15 is 0 Å². The Kier molecular flexibility index (Phi) is 4.34. The van der Waals surface area contributed by atoms with Gasteiger partial charge in [0.15, 0.2) is 6.29 Å². The largest absolute Gasteiger partial charge is 0.507 e. The predicted molar refractivity (Wildman–Crippen MR) is 99.6 cm³/mol. The second-order valence-corrected chi connectivity index (χ2v) is 5.59. The number of nitrogens with zero attached hydrogens (tertiary/aromatic N) is 1. The molecule has 0 aliphatic carbocycles. The highest BCUT2D eigenvalue weighted by Gasteiger charge is 2.16. The van der Waals surface area contributed by atoms with Crippen LogP contribution in [0.3, 0.4) is 0 Å². The zero-order chi connectivity index (χ0) is 17.1. The lowest BCUT2D eigenvalue weighted by molar-refractivity contribution is 0.112. The second kappa shape index (κ2) is 6.59. The van der Waals surface area contributed by atoms with Crippen LogP contribution in [0.4, 0.5) is 0 Å². The molecule has 3 aromatic rings. The number of aromatic hydroxyl groups is 1. The summed E-state index contributed by atoms with van der Waals surface area (Å²) in [6.07, 6.45) is 8.61. The first-order chi connectivity index (χ1) is 11.7. The molecule has 0 fully saturated rings. The third-order valence-electron chi connectivity index (χ3n) is 4.16. The number of hydrogen-bond donors (Lipinski definition) is 1. The van der Waals surface area contributed by atoms with E-state index in [1.54, 1.807) is 12.1 Å². The maximum atomic E-state index is 11.5. The number of rotatable bonds is 5. The van der Waals surface area contributed by atoms with Crippen molar-refractivity contribution in [3.05, 3.63) is 78.4 Å². The summed E-state index contributed by atoms with van der Waals surface area (Å²) in [5.41, 5.74) is 3.44. The molecule has 1 N–H and O–H groups in total. The zero-order valence-corrected chi connectivity index (χ0v) is 13.6. The predicted octanol–water partition coefficient (Wildman–Crippen LogP) is 5.00. The molecule has 3 heteroatoms. The SMILES string of the molecule is C=C/C(=C\C=C/C)Cn1c2cccc(O)c2c2c(C=O)cccc21. The Balaban J connectivity index is 2.36. The minimum Gasteiger partial charge on any atom is -0.507 e. The van der Waals surface area contributed by atoms with Crippen molar-refractivity contribution in [1.82, 2.24) is 4.57 Å². The highest BCUT2D eigenvalue weighted by molar-refractivity contribution is 6.16. The van der Waals surface area contributed by atoms with Crippen molar-refractivity contribution in [2.75, 3.05) is 0 Å². The van der Waals surface area contributed by atoms with E-state index in [2.05, 4.69) is 11.1 Å². The van der Waals surface area contributed by atoms with Gasteiger partial charge < -0.3 is 9.67 Å². The van der Waals surface area contributed by atoms with Crippen LogP contribution in [0.25, 0.3) is 21.8 Å². The second-order valence-electron chi connectivity index (χ2n) is 5.59. The van der Waals surface area contributed by atoms with Crippen molar-refractivity contribution >= 4 is 28.1 Å². The number of carbonyl (C=O) groups excluding carboxylic acids is 1. The standard InChI is InChI=1S/C21H19NO2/c1-3-5-8-15(4-2)13-22-17-10-6-9-16(14-23)20(17)21-18(22)11-7-12-19(21)24/h3-12,14,24H,2,13H2,1H3/b5-3-,15-8+. The molecule has 0 unspecified atom stereocenters. The molecule has 0 spiro atoms. The number of hydrogen-bond acceptors (Lipinski definition) is 2. The Morgan fingerprint density at radius 3 is 2.54 bits per heavy atom. The fourth-order valence-corrected chi connectivity index (χ4v) is 3.05. The Morgan fingerprint density at radius 2 is 1.88 bits per heavy atom. The van der Waals surface area contributed by atoms with Crippen LogP contribution < -0.4 is 0 Å². The first kappa shape index (κ1) is 15.8. The molecule has 24 heavy (non-hydrogen) atoms. The third kappa shape index (κ3) is 2.54. The van der Waals surface area contributed by atoms with Crippen molar-refractivity contribution in [2.24, 2.45) is 0 Å². The fraction of sp³-hybridized carbons (Fsp3) is 0.0952. The molecule has 0 amide bonds. The molecule has 120 valence electrons. The van der Waals surface area contributed by atoms with Crippen LogP contribution in [0.15, 0.2) is 72.9 Å². The smallest absolute Gasteiger partial charge is 0.150 e. The molecule has 0 atom stereocenters. The molecule has 0 bridgehead atoms. The van der Waals surface area contributed by atoms with Gasteiger partial charge in [0.25, 0.3) is 0 Å². The highest BCUT2D eigenvalue weighted by Crippen LogP contribution is 2.37. The minimum absolute atomic E-state index is 0.183. The number of allylic oxidation sites excluding steroid dienone is 5. The average Bonchev–Trinajstić information content (AvgIpc) is 2.93. The van der Waals surface area contributed by atoms with Gasteiger partial charge in [-0.05, 0) is 30.7 Å². The number of benzene rings is 2. The lowest BCUT2D eigenvalue weighted by Gasteiger charge is -2.08. The molecule has 2 aromatic carbocycles. The summed E-state index contributed by atoms with van der Waals surface area (Å²) in [5, 5.41) is 11.9. The number of aldehydes is 1. The zero-order valence-electron chi connectivity index (χ0n) is 13.6. The number of phenolic OH excluding ortho intramolecular Hbond substituents is 1. The normalized spacial score (nSPS) is 12.3. The summed E-state index contributed by atoms with van der Waals surface area (Å²) < 4.78 is 2.11.